The number of aromatic amines is 1. The molecule has 0 radical (unpaired) electrons. The van der Waals surface area contributed by atoms with E-state index in [1.165, 1.54) is 10.9 Å². The van der Waals surface area contributed by atoms with Crippen LogP contribution in [0.3, 0.4) is 0 Å². The minimum atomic E-state index is 0.182. The zero-order valence-electron chi connectivity index (χ0n) is 13.3. The fraction of sp³-hybridized carbons (Fsp3) is 0.263. The second-order valence-electron chi connectivity index (χ2n) is 5.82. The summed E-state index contributed by atoms with van der Waals surface area (Å²) in [5.74, 6) is 0.182. The maximum atomic E-state index is 12.2. The van der Waals surface area contributed by atoms with Gasteiger partial charge >= 0.3 is 0 Å². The van der Waals surface area contributed by atoms with Gasteiger partial charge in [-0.2, -0.15) is 0 Å². The van der Waals surface area contributed by atoms with Crippen molar-refractivity contribution < 1.29 is 4.79 Å². The van der Waals surface area contributed by atoms with Gasteiger partial charge in [0.15, 0.2) is 0 Å². The van der Waals surface area contributed by atoms with E-state index >= 15 is 0 Å². The molecule has 0 aliphatic heterocycles. The molecular formula is C19H21N3O. The SMILES string of the molecule is CN(Cc1ccncc1)C(=O)CCCc1c[nH]c2ccccc12. The lowest BCUT2D eigenvalue weighted by Crippen LogP contribution is -2.25. The Morgan fingerprint density at radius 1 is 1.17 bits per heavy atom. The average Bonchev–Trinajstić information content (AvgIpc) is 2.99. The van der Waals surface area contributed by atoms with Crippen molar-refractivity contribution in [1.29, 1.82) is 0 Å². The average molecular weight is 307 g/mol. The summed E-state index contributed by atoms with van der Waals surface area (Å²) >= 11 is 0. The lowest BCUT2D eigenvalue weighted by molar-refractivity contribution is -0.130. The van der Waals surface area contributed by atoms with Crippen molar-refractivity contribution in [2.45, 2.75) is 25.8 Å². The minimum absolute atomic E-state index is 0.182. The molecule has 3 aromatic rings. The van der Waals surface area contributed by atoms with Crippen LogP contribution in [0.2, 0.25) is 0 Å². The molecule has 118 valence electrons. The van der Waals surface area contributed by atoms with Crippen molar-refractivity contribution in [3.63, 3.8) is 0 Å². The zero-order valence-corrected chi connectivity index (χ0v) is 13.3. The van der Waals surface area contributed by atoms with Crippen molar-refractivity contribution in [3.05, 3.63) is 66.1 Å². The molecule has 0 saturated heterocycles. The molecule has 1 amide bonds. The number of fused-ring (bicyclic) bond motifs is 1. The molecular weight excluding hydrogens is 286 g/mol. The predicted octanol–water partition coefficient (Wildman–Crippen LogP) is 3.54. The summed E-state index contributed by atoms with van der Waals surface area (Å²) in [4.78, 5) is 21.3. The van der Waals surface area contributed by atoms with Crippen LogP contribution in [-0.2, 0) is 17.8 Å². The van der Waals surface area contributed by atoms with Crippen LogP contribution in [0.15, 0.2) is 55.0 Å². The molecule has 0 aliphatic rings. The number of hydrogen-bond acceptors (Lipinski definition) is 2. The first kappa shape index (κ1) is 15.3. The zero-order chi connectivity index (χ0) is 16.1. The number of carbonyl (C=O) groups excluding carboxylic acids is 1. The van der Waals surface area contributed by atoms with Gasteiger partial charge in [-0.15, -0.1) is 0 Å². The molecule has 0 spiro atoms. The van der Waals surface area contributed by atoms with Gasteiger partial charge < -0.3 is 9.88 Å². The van der Waals surface area contributed by atoms with Crippen molar-refractivity contribution >= 4 is 16.8 Å². The van der Waals surface area contributed by atoms with Crippen LogP contribution >= 0.6 is 0 Å². The summed E-state index contributed by atoms with van der Waals surface area (Å²) in [6.07, 6.45) is 7.91. The monoisotopic (exact) mass is 307 g/mol. The number of aryl methyl sites for hydroxylation is 1. The number of hydrogen-bond donors (Lipinski definition) is 1. The number of benzene rings is 1. The molecule has 1 aromatic carbocycles. The van der Waals surface area contributed by atoms with Gasteiger partial charge in [-0.1, -0.05) is 18.2 Å². The number of pyridine rings is 1. The molecule has 2 aromatic heterocycles. The van der Waals surface area contributed by atoms with Gasteiger partial charge in [0, 0.05) is 49.5 Å². The molecule has 0 aliphatic carbocycles. The molecule has 0 unspecified atom stereocenters. The fourth-order valence-corrected chi connectivity index (χ4v) is 2.81. The third kappa shape index (κ3) is 3.77. The first-order valence-electron chi connectivity index (χ1n) is 7.92. The van der Waals surface area contributed by atoms with E-state index in [4.69, 9.17) is 0 Å². The fourth-order valence-electron chi connectivity index (χ4n) is 2.81. The quantitative estimate of drug-likeness (QED) is 0.757. The Kier molecular flexibility index (Phi) is 4.71. The standard InChI is InChI=1S/C19H21N3O/c1-22(14-15-9-11-20-12-10-15)19(23)8-4-5-16-13-21-18-7-3-2-6-17(16)18/h2-3,6-7,9-13,21H,4-5,8,14H2,1H3. The number of nitrogens with one attached hydrogen (secondary N) is 1. The number of carbonyl (C=O) groups is 1. The molecule has 0 saturated carbocycles. The molecule has 1 N–H and O–H groups in total. The van der Waals surface area contributed by atoms with Crippen molar-refractivity contribution in [2.24, 2.45) is 0 Å². The van der Waals surface area contributed by atoms with E-state index in [0.29, 0.717) is 13.0 Å². The molecule has 0 atom stereocenters. The molecule has 3 rings (SSSR count). The summed E-state index contributed by atoms with van der Waals surface area (Å²) in [6, 6.07) is 12.2. The number of aromatic nitrogens is 2. The first-order chi connectivity index (χ1) is 11.2. The number of H-pyrrole nitrogens is 1. The van der Waals surface area contributed by atoms with Crippen LogP contribution < -0.4 is 0 Å². The van der Waals surface area contributed by atoms with Gasteiger partial charge in [0.25, 0.3) is 0 Å². The normalized spacial score (nSPS) is 10.8. The lowest BCUT2D eigenvalue weighted by Gasteiger charge is -2.17. The van der Waals surface area contributed by atoms with E-state index in [0.717, 1.165) is 23.9 Å². The van der Waals surface area contributed by atoms with Crippen LogP contribution in [0.25, 0.3) is 10.9 Å². The van der Waals surface area contributed by atoms with Crippen LogP contribution in [0, 0.1) is 0 Å². The number of amides is 1. The summed E-state index contributed by atoms with van der Waals surface area (Å²) in [7, 11) is 1.86. The summed E-state index contributed by atoms with van der Waals surface area (Å²) in [5.41, 5.74) is 3.54. The highest BCUT2D eigenvalue weighted by Crippen LogP contribution is 2.19. The highest BCUT2D eigenvalue weighted by molar-refractivity contribution is 5.83. The summed E-state index contributed by atoms with van der Waals surface area (Å²) in [6.45, 7) is 0.633. The first-order valence-corrected chi connectivity index (χ1v) is 7.92. The van der Waals surface area contributed by atoms with E-state index < -0.39 is 0 Å². The molecule has 2 heterocycles. The molecule has 4 heteroatoms. The van der Waals surface area contributed by atoms with Gasteiger partial charge in [0.05, 0.1) is 0 Å². The van der Waals surface area contributed by atoms with Gasteiger partial charge in [0.2, 0.25) is 5.91 Å². The third-order valence-electron chi connectivity index (χ3n) is 4.11. The lowest BCUT2D eigenvalue weighted by atomic mass is 10.1. The minimum Gasteiger partial charge on any atom is -0.361 e. The second kappa shape index (κ2) is 7.09. The van der Waals surface area contributed by atoms with Crippen molar-refractivity contribution in [3.8, 4) is 0 Å². The Labute approximate surface area is 136 Å². The molecule has 0 bridgehead atoms. The Bertz CT molecular complexity index is 779. The van der Waals surface area contributed by atoms with Crippen LogP contribution in [0.5, 0.6) is 0 Å². The van der Waals surface area contributed by atoms with Crippen molar-refractivity contribution in [2.75, 3.05) is 7.05 Å². The topological polar surface area (TPSA) is 49.0 Å². The van der Waals surface area contributed by atoms with E-state index in [-0.39, 0.29) is 5.91 Å². The number of para-hydroxylation sites is 1. The third-order valence-corrected chi connectivity index (χ3v) is 4.11. The predicted molar refractivity (Wildman–Crippen MR) is 91.9 cm³/mol. The van der Waals surface area contributed by atoms with Gasteiger partial charge in [-0.3, -0.25) is 9.78 Å². The smallest absolute Gasteiger partial charge is 0.222 e. The number of rotatable bonds is 6. The maximum absolute atomic E-state index is 12.2. The van der Waals surface area contributed by atoms with Gasteiger partial charge in [-0.05, 0) is 42.2 Å². The second-order valence-corrected chi connectivity index (χ2v) is 5.82. The van der Waals surface area contributed by atoms with Gasteiger partial charge in [-0.25, -0.2) is 0 Å². The van der Waals surface area contributed by atoms with Crippen molar-refractivity contribution in [1.82, 2.24) is 14.9 Å². The Morgan fingerprint density at radius 2 is 1.96 bits per heavy atom. The summed E-state index contributed by atoms with van der Waals surface area (Å²) < 4.78 is 0. The Hall–Kier alpha value is -2.62. The van der Waals surface area contributed by atoms with E-state index in [1.54, 1.807) is 17.3 Å². The molecule has 23 heavy (non-hydrogen) atoms. The van der Waals surface area contributed by atoms with Gasteiger partial charge in [0.1, 0.15) is 0 Å². The Morgan fingerprint density at radius 3 is 2.78 bits per heavy atom. The van der Waals surface area contributed by atoms with E-state index in [1.807, 2.05) is 31.3 Å². The summed E-state index contributed by atoms with van der Waals surface area (Å²) in [5, 5.41) is 1.25. The van der Waals surface area contributed by atoms with E-state index in [2.05, 4.69) is 28.3 Å². The maximum Gasteiger partial charge on any atom is 0.222 e. The van der Waals surface area contributed by atoms with Crippen LogP contribution in [-0.4, -0.2) is 27.8 Å². The number of nitrogens with zero attached hydrogens (tertiary/aromatic N) is 2. The van der Waals surface area contributed by atoms with Crippen LogP contribution in [0.1, 0.15) is 24.0 Å². The largest absolute Gasteiger partial charge is 0.361 e. The Balaban J connectivity index is 1.51. The molecule has 4 nitrogen and oxygen atoms in total. The highest BCUT2D eigenvalue weighted by Gasteiger charge is 2.10. The highest BCUT2D eigenvalue weighted by atomic mass is 16.2. The van der Waals surface area contributed by atoms with Crippen LogP contribution in [0.4, 0.5) is 0 Å². The molecule has 0 fully saturated rings. The van der Waals surface area contributed by atoms with E-state index in [9.17, 15) is 4.79 Å².